The van der Waals surface area contributed by atoms with E-state index in [1.54, 1.807) is 17.9 Å². The summed E-state index contributed by atoms with van der Waals surface area (Å²) in [5.41, 5.74) is 0.891. The summed E-state index contributed by atoms with van der Waals surface area (Å²) in [6, 6.07) is 1.61. The number of carbonyl (C=O) groups excluding carboxylic acids is 2. The predicted octanol–water partition coefficient (Wildman–Crippen LogP) is 0.634. The average Bonchev–Trinajstić information content (AvgIpc) is 2.37. The number of amides is 2. The number of hydrogen-bond donors (Lipinski definition) is 2. The lowest BCUT2D eigenvalue weighted by Crippen LogP contribution is -2.40. The minimum atomic E-state index is -0.248. The molecule has 1 fully saturated rings. The molecule has 19 heavy (non-hydrogen) atoms. The molecular weight excluding hydrogens is 246 g/mol. The number of aryl methyl sites for hydroxylation is 1. The molecule has 0 atom stereocenters. The van der Waals surface area contributed by atoms with Gasteiger partial charge in [0.2, 0.25) is 11.8 Å². The number of aromatic nitrogens is 1. The second-order valence-corrected chi connectivity index (χ2v) is 4.72. The Morgan fingerprint density at radius 3 is 2.89 bits per heavy atom. The van der Waals surface area contributed by atoms with Gasteiger partial charge in [0.15, 0.2) is 0 Å². The van der Waals surface area contributed by atoms with Gasteiger partial charge in [-0.05, 0) is 25.8 Å². The maximum atomic E-state index is 11.8. The lowest BCUT2D eigenvalue weighted by Gasteiger charge is -2.25. The number of hydrogen-bond acceptors (Lipinski definition) is 3. The molecule has 1 aliphatic heterocycles. The molecule has 2 heterocycles. The molecule has 102 valence electrons. The number of carbonyl (C=O) groups is 2. The van der Waals surface area contributed by atoms with Crippen molar-refractivity contribution in [3.05, 3.63) is 28.2 Å². The molecular formula is C13H17N3O3. The molecule has 0 bridgehead atoms. The fourth-order valence-corrected chi connectivity index (χ4v) is 2.07. The first-order valence-electron chi connectivity index (χ1n) is 6.33. The zero-order chi connectivity index (χ0) is 13.8. The third kappa shape index (κ3) is 3.43. The normalized spacial score (nSPS) is 15.4. The number of rotatable bonds is 3. The maximum Gasteiger partial charge on any atom is 0.250 e. The third-order valence-corrected chi connectivity index (χ3v) is 3.13. The van der Waals surface area contributed by atoms with Crippen LogP contribution in [-0.2, 0) is 9.59 Å². The number of likely N-dealkylation sites (tertiary alicyclic amines) is 1. The first-order chi connectivity index (χ1) is 9.06. The molecule has 6 nitrogen and oxygen atoms in total. The number of aromatic amines is 1. The minimum absolute atomic E-state index is 0.0269. The molecule has 1 aromatic rings. The van der Waals surface area contributed by atoms with E-state index in [0.717, 1.165) is 12.8 Å². The highest BCUT2D eigenvalue weighted by molar-refractivity contribution is 5.94. The van der Waals surface area contributed by atoms with Gasteiger partial charge < -0.3 is 15.2 Å². The Labute approximate surface area is 110 Å². The summed E-state index contributed by atoms with van der Waals surface area (Å²) in [6.07, 6.45) is 3.81. The van der Waals surface area contributed by atoms with Crippen molar-refractivity contribution < 1.29 is 9.59 Å². The van der Waals surface area contributed by atoms with Crippen molar-refractivity contribution in [1.29, 1.82) is 0 Å². The lowest BCUT2D eigenvalue weighted by atomic mass is 10.1. The number of nitrogens with one attached hydrogen (secondary N) is 2. The Hall–Kier alpha value is -2.11. The van der Waals surface area contributed by atoms with Crippen LogP contribution in [0.4, 0.5) is 5.69 Å². The molecule has 6 heteroatoms. The molecule has 1 aliphatic rings. The highest BCUT2D eigenvalue weighted by Gasteiger charge is 2.20. The van der Waals surface area contributed by atoms with E-state index in [9.17, 15) is 14.4 Å². The average molecular weight is 263 g/mol. The number of piperidine rings is 1. The Morgan fingerprint density at radius 2 is 2.21 bits per heavy atom. The largest absolute Gasteiger partial charge is 0.333 e. The summed E-state index contributed by atoms with van der Waals surface area (Å²) in [7, 11) is 0. The Bertz CT molecular complexity index is 550. The van der Waals surface area contributed by atoms with Crippen LogP contribution < -0.4 is 10.9 Å². The highest BCUT2D eigenvalue weighted by Crippen LogP contribution is 2.10. The standard InChI is InChI=1S/C13H17N3O3/c1-9-6-10(7-14-13(9)19)15-11(17)8-16-5-3-2-4-12(16)18/h6-7H,2-5,8H2,1H3,(H,14,19)(H,15,17). The van der Waals surface area contributed by atoms with Crippen molar-refractivity contribution in [2.75, 3.05) is 18.4 Å². The van der Waals surface area contributed by atoms with E-state index in [0.29, 0.717) is 24.2 Å². The summed E-state index contributed by atoms with van der Waals surface area (Å²) in [4.78, 5) is 38.7. The van der Waals surface area contributed by atoms with Crippen LogP contribution in [0.15, 0.2) is 17.1 Å². The second kappa shape index (κ2) is 5.69. The van der Waals surface area contributed by atoms with E-state index in [4.69, 9.17) is 0 Å². The molecule has 0 radical (unpaired) electrons. The van der Waals surface area contributed by atoms with Crippen molar-refractivity contribution in [2.24, 2.45) is 0 Å². The van der Waals surface area contributed by atoms with Crippen molar-refractivity contribution in [2.45, 2.75) is 26.2 Å². The minimum Gasteiger partial charge on any atom is -0.333 e. The Balaban J connectivity index is 1.95. The van der Waals surface area contributed by atoms with Gasteiger partial charge >= 0.3 is 0 Å². The Kier molecular flexibility index (Phi) is 3.99. The molecule has 1 aromatic heterocycles. The molecule has 2 amide bonds. The summed E-state index contributed by atoms with van der Waals surface area (Å²) >= 11 is 0. The zero-order valence-electron chi connectivity index (χ0n) is 10.9. The van der Waals surface area contributed by atoms with Crippen LogP contribution in [0.1, 0.15) is 24.8 Å². The first-order valence-corrected chi connectivity index (χ1v) is 6.33. The second-order valence-electron chi connectivity index (χ2n) is 4.72. The van der Waals surface area contributed by atoms with E-state index in [2.05, 4.69) is 10.3 Å². The number of H-pyrrole nitrogens is 1. The monoisotopic (exact) mass is 263 g/mol. The predicted molar refractivity (Wildman–Crippen MR) is 70.9 cm³/mol. The topological polar surface area (TPSA) is 82.3 Å². The van der Waals surface area contributed by atoms with Gasteiger partial charge in [-0.1, -0.05) is 0 Å². The van der Waals surface area contributed by atoms with Crippen LogP contribution >= 0.6 is 0 Å². The first kappa shape index (κ1) is 13.3. The number of anilines is 1. The van der Waals surface area contributed by atoms with Crippen molar-refractivity contribution in [3.63, 3.8) is 0 Å². The molecule has 2 N–H and O–H groups in total. The molecule has 1 saturated heterocycles. The van der Waals surface area contributed by atoms with Gasteiger partial charge in [-0.3, -0.25) is 14.4 Å². The van der Waals surface area contributed by atoms with E-state index >= 15 is 0 Å². The Morgan fingerprint density at radius 1 is 1.42 bits per heavy atom. The quantitative estimate of drug-likeness (QED) is 0.839. The fourth-order valence-electron chi connectivity index (χ4n) is 2.07. The smallest absolute Gasteiger partial charge is 0.250 e. The van der Waals surface area contributed by atoms with Crippen LogP contribution in [0, 0.1) is 6.92 Å². The number of pyridine rings is 1. The van der Waals surface area contributed by atoms with E-state index in [-0.39, 0.29) is 23.9 Å². The van der Waals surface area contributed by atoms with Crippen LogP contribution in [0.25, 0.3) is 0 Å². The van der Waals surface area contributed by atoms with Gasteiger partial charge in [0, 0.05) is 24.7 Å². The van der Waals surface area contributed by atoms with Gasteiger partial charge in [-0.25, -0.2) is 0 Å². The molecule has 0 saturated carbocycles. The summed E-state index contributed by atoms with van der Waals surface area (Å²) in [5, 5.41) is 2.67. The number of nitrogens with zero attached hydrogens (tertiary/aromatic N) is 1. The van der Waals surface area contributed by atoms with Gasteiger partial charge in [0.1, 0.15) is 0 Å². The van der Waals surface area contributed by atoms with Gasteiger partial charge in [-0.2, -0.15) is 0 Å². The highest BCUT2D eigenvalue weighted by atomic mass is 16.2. The van der Waals surface area contributed by atoms with Crippen molar-refractivity contribution >= 4 is 17.5 Å². The molecule has 0 spiro atoms. The van der Waals surface area contributed by atoms with Gasteiger partial charge in [0.05, 0.1) is 12.2 Å². The zero-order valence-corrected chi connectivity index (χ0v) is 10.9. The fraction of sp³-hybridized carbons (Fsp3) is 0.462. The van der Waals surface area contributed by atoms with Gasteiger partial charge in [-0.15, -0.1) is 0 Å². The molecule has 2 rings (SSSR count). The lowest BCUT2D eigenvalue weighted by molar-refractivity contribution is -0.136. The molecule has 0 aliphatic carbocycles. The summed E-state index contributed by atoms with van der Waals surface area (Å²) in [5.74, 6) is -0.222. The van der Waals surface area contributed by atoms with E-state index in [1.807, 2.05) is 0 Å². The van der Waals surface area contributed by atoms with Crippen LogP contribution in [-0.4, -0.2) is 34.8 Å². The molecule has 0 unspecified atom stereocenters. The summed E-state index contributed by atoms with van der Waals surface area (Å²) < 4.78 is 0. The SMILES string of the molecule is Cc1cc(NC(=O)CN2CCCCC2=O)c[nH]c1=O. The van der Waals surface area contributed by atoms with Crippen molar-refractivity contribution in [1.82, 2.24) is 9.88 Å². The van der Waals surface area contributed by atoms with E-state index in [1.165, 1.54) is 6.20 Å². The summed E-state index contributed by atoms with van der Waals surface area (Å²) in [6.45, 7) is 2.37. The maximum absolute atomic E-state index is 11.8. The van der Waals surface area contributed by atoms with Crippen LogP contribution in [0.3, 0.4) is 0 Å². The van der Waals surface area contributed by atoms with Crippen molar-refractivity contribution in [3.8, 4) is 0 Å². The van der Waals surface area contributed by atoms with Gasteiger partial charge in [0.25, 0.3) is 5.56 Å². The van der Waals surface area contributed by atoms with E-state index < -0.39 is 0 Å². The van der Waals surface area contributed by atoms with Crippen LogP contribution in [0.2, 0.25) is 0 Å². The van der Waals surface area contributed by atoms with Crippen LogP contribution in [0.5, 0.6) is 0 Å². The molecule has 0 aromatic carbocycles. The third-order valence-electron chi connectivity index (χ3n) is 3.13.